The van der Waals surface area contributed by atoms with Crippen molar-refractivity contribution < 1.29 is 14.3 Å². The van der Waals surface area contributed by atoms with E-state index in [4.69, 9.17) is 9.47 Å². The molecule has 5 nitrogen and oxygen atoms in total. The largest absolute Gasteiger partial charge is 0.493 e. The maximum Gasteiger partial charge on any atom is 0.246 e. The number of piperazine rings is 1. The van der Waals surface area contributed by atoms with Gasteiger partial charge >= 0.3 is 0 Å². The molecule has 0 bridgehead atoms. The third-order valence-electron chi connectivity index (χ3n) is 4.13. The van der Waals surface area contributed by atoms with Crippen molar-refractivity contribution in [1.29, 1.82) is 0 Å². The average molecular weight is 332 g/mol. The Balaban J connectivity index is 1.92. The molecule has 0 atom stereocenters. The third-order valence-corrected chi connectivity index (χ3v) is 4.13. The Bertz CT molecular complexity index is 576. The summed E-state index contributed by atoms with van der Waals surface area (Å²) in [5.41, 5.74) is 0.916. The van der Waals surface area contributed by atoms with E-state index in [0.29, 0.717) is 17.4 Å². The van der Waals surface area contributed by atoms with E-state index < -0.39 is 0 Å². The number of ether oxygens (including phenoxy) is 2. The van der Waals surface area contributed by atoms with Crippen LogP contribution in [0.5, 0.6) is 11.5 Å². The molecule has 1 amide bonds. The van der Waals surface area contributed by atoms with E-state index in [1.165, 1.54) is 0 Å². The van der Waals surface area contributed by atoms with Gasteiger partial charge in [0.15, 0.2) is 11.5 Å². The molecule has 1 aromatic carbocycles. The van der Waals surface area contributed by atoms with Gasteiger partial charge < -0.3 is 14.4 Å². The monoisotopic (exact) mass is 332 g/mol. The lowest BCUT2D eigenvalue weighted by Crippen LogP contribution is -2.49. The summed E-state index contributed by atoms with van der Waals surface area (Å²) >= 11 is 0. The molecule has 132 valence electrons. The van der Waals surface area contributed by atoms with E-state index >= 15 is 0 Å². The first-order valence-corrected chi connectivity index (χ1v) is 8.45. The lowest BCUT2D eigenvalue weighted by Gasteiger charge is -2.35. The number of rotatable bonds is 6. The number of benzene rings is 1. The number of carbonyl (C=O) groups excluding carboxylic acids is 1. The van der Waals surface area contributed by atoms with Crippen LogP contribution in [0.25, 0.3) is 6.08 Å². The van der Waals surface area contributed by atoms with Crippen LogP contribution < -0.4 is 9.47 Å². The minimum absolute atomic E-state index is 0.0639. The van der Waals surface area contributed by atoms with Crippen molar-refractivity contribution in [3.63, 3.8) is 0 Å². The first-order chi connectivity index (χ1) is 11.5. The van der Waals surface area contributed by atoms with Crippen LogP contribution in [-0.4, -0.2) is 62.7 Å². The third kappa shape index (κ3) is 4.99. The fraction of sp³-hybridized carbons (Fsp3) is 0.526. The van der Waals surface area contributed by atoms with Crippen molar-refractivity contribution in [3.05, 3.63) is 29.8 Å². The molecule has 24 heavy (non-hydrogen) atoms. The molecule has 0 unspecified atom stereocenters. The summed E-state index contributed by atoms with van der Waals surface area (Å²) in [5, 5.41) is 0. The molecule has 0 aromatic heterocycles. The van der Waals surface area contributed by atoms with Crippen molar-refractivity contribution in [2.75, 3.05) is 46.9 Å². The zero-order chi connectivity index (χ0) is 17.5. The SMILES string of the molecule is COc1ccc(C=CC(=O)N2CCN(CC(C)C)CC2)cc1OC. The van der Waals surface area contributed by atoms with Gasteiger partial charge in [0.1, 0.15) is 0 Å². The fourth-order valence-electron chi connectivity index (χ4n) is 2.90. The van der Waals surface area contributed by atoms with Crippen LogP contribution in [0.3, 0.4) is 0 Å². The van der Waals surface area contributed by atoms with Gasteiger partial charge in [-0.05, 0) is 29.7 Å². The molecule has 1 heterocycles. The Morgan fingerprint density at radius 1 is 1.12 bits per heavy atom. The summed E-state index contributed by atoms with van der Waals surface area (Å²) < 4.78 is 10.5. The lowest BCUT2D eigenvalue weighted by molar-refractivity contribution is -0.127. The maximum atomic E-state index is 12.3. The second kappa shape index (κ2) is 8.73. The van der Waals surface area contributed by atoms with Crippen molar-refractivity contribution in [1.82, 2.24) is 9.80 Å². The summed E-state index contributed by atoms with van der Waals surface area (Å²) in [6, 6.07) is 5.61. The highest BCUT2D eigenvalue weighted by Crippen LogP contribution is 2.27. The number of nitrogens with zero attached hydrogens (tertiary/aromatic N) is 2. The second-order valence-electron chi connectivity index (χ2n) is 6.47. The van der Waals surface area contributed by atoms with Gasteiger partial charge in [-0.2, -0.15) is 0 Å². The molecular formula is C19H28N2O3. The van der Waals surface area contributed by atoms with Crippen molar-refractivity contribution >= 4 is 12.0 Å². The van der Waals surface area contributed by atoms with Gasteiger partial charge in [-0.3, -0.25) is 9.69 Å². The van der Waals surface area contributed by atoms with Gasteiger partial charge in [-0.25, -0.2) is 0 Å². The minimum Gasteiger partial charge on any atom is -0.493 e. The highest BCUT2D eigenvalue weighted by Gasteiger charge is 2.19. The highest BCUT2D eigenvalue weighted by atomic mass is 16.5. The van der Waals surface area contributed by atoms with Gasteiger partial charge in [-0.15, -0.1) is 0 Å². The number of amides is 1. The number of hydrogen-bond donors (Lipinski definition) is 0. The maximum absolute atomic E-state index is 12.3. The Kier molecular flexibility index (Phi) is 6.67. The molecule has 0 spiro atoms. The summed E-state index contributed by atoms with van der Waals surface area (Å²) in [4.78, 5) is 16.7. The van der Waals surface area contributed by atoms with Crippen LogP contribution >= 0.6 is 0 Å². The van der Waals surface area contributed by atoms with Crippen LogP contribution in [0, 0.1) is 5.92 Å². The molecule has 0 N–H and O–H groups in total. The fourth-order valence-corrected chi connectivity index (χ4v) is 2.90. The molecule has 5 heteroatoms. The first kappa shape index (κ1) is 18.3. The number of methoxy groups -OCH3 is 2. The van der Waals surface area contributed by atoms with Crippen molar-refractivity contribution in [2.24, 2.45) is 5.92 Å². The summed E-state index contributed by atoms with van der Waals surface area (Å²) in [7, 11) is 3.21. The van der Waals surface area contributed by atoms with Crippen molar-refractivity contribution in [2.45, 2.75) is 13.8 Å². The topological polar surface area (TPSA) is 42.0 Å². The first-order valence-electron chi connectivity index (χ1n) is 8.45. The molecule has 1 saturated heterocycles. The number of hydrogen-bond acceptors (Lipinski definition) is 4. The van der Waals surface area contributed by atoms with Crippen LogP contribution in [0.1, 0.15) is 19.4 Å². The van der Waals surface area contributed by atoms with E-state index in [2.05, 4.69) is 18.7 Å². The van der Waals surface area contributed by atoms with E-state index in [-0.39, 0.29) is 5.91 Å². The molecule has 1 aliphatic rings. The molecular weight excluding hydrogens is 304 g/mol. The van der Waals surface area contributed by atoms with Gasteiger partial charge in [0.25, 0.3) is 0 Å². The molecule has 0 saturated carbocycles. The van der Waals surface area contributed by atoms with E-state index in [0.717, 1.165) is 38.3 Å². The van der Waals surface area contributed by atoms with Gasteiger partial charge in [0, 0.05) is 38.8 Å². The van der Waals surface area contributed by atoms with Gasteiger partial charge in [0.05, 0.1) is 14.2 Å². The van der Waals surface area contributed by atoms with Gasteiger partial charge in [-0.1, -0.05) is 19.9 Å². The highest BCUT2D eigenvalue weighted by molar-refractivity contribution is 5.92. The average Bonchev–Trinajstić information content (AvgIpc) is 2.59. The standard InChI is InChI=1S/C19H28N2O3/c1-15(2)14-20-9-11-21(12-10-20)19(22)8-6-16-5-7-17(23-3)18(13-16)24-4/h5-8,13,15H,9-12,14H2,1-4H3. The second-order valence-corrected chi connectivity index (χ2v) is 6.47. The normalized spacial score (nSPS) is 16.0. The van der Waals surface area contributed by atoms with Crippen molar-refractivity contribution in [3.8, 4) is 11.5 Å². The molecule has 1 aliphatic heterocycles. The predicted molar refractivity (Wildman–Crippen MR) is 96.4 cm³/mol. The Labute approximate surface area is 144 Å². The lowest BCUT2D eigenvalue weighted by atomic mass is 10.1. The molecule has 0 radical (unpaired) electrons. The molecule has 1 aromatic rings. The zero-order valence-electron chi connectivity index (χ0n) is 15.1. The van der Waals surface area contributed by atoms with Crippen LogP contribution in [-0.2, 0) is 4.79 Å². The van der Waals surface area contributed by atoms with Gasteiger partial charge in [0.2, 0.25) is 5.91 Å². The minimum atomic E-state index is 0.0639. The Hall–Kier alpha value is -2.01. The Morgan fingerprint density at radius 3 is 2.38 bits per heavy atom. The summed E-state index contributed by atoms with van der Waals surface area (Å²) in [5.74, 6) is 2.07. The molecule has 0 aliphatic carbocycles. The quantitative estimate of drug-likeness (QED) is 0.751. The van der Waals surface area contributed by atoms with Crippen LogP contribution in [0.2, 0.25) is 0 Å². The molecule has 2 rings (SSSR count). The number of carbonyl (C=O) groups is 1. The van der Waals surface area contributed by atoms with E-state index in [1.807, 2.05) is 29.2 Å². The summed E-state index contributed by atoms with van der Waals surface area (Å²) in [6.45, 7) is 9.04. The van der Waals surface area contributed by atoms with Crippen LogP contribution in [0.15, 0.2) is 24.3 Å². The van der Waals surface area contributed by atoms with E-state index in [1.54, 1.807) is 20.3 Å². The Morgan fingerprint density at radius 2 is 1.79 bits per heavy atom. The predicted octanol–water partition coefficient (Wildman–Crippen LogP) is 2.52. The summed E-state index contributed by atoms with van der Waals surface area (Å²) in [6.07, 6.45) is 3.46. The van der Waals surface area contributed by atoms with E-state index in [9.17, 15) is 4.79 Å². The zero-order valence-corrected chi connectivity index (χ0v) is 15.1. The molecule has 1 fully saturated rings. The smallest absolute Gasteiger partial charge is 0.246 e. The van der Waals surface area contributed by atoms with Crippen LogP contribution in [0.4, 0.5) is 0 Å².